The lowest BCUT2D eigenvalue weighted by molar-refractivity contribution is -0.138. The Labute approximate surface area is 179 Å². The van der Waals surface area contributed by atoms with E-state index in [-0.39, 0.29) is 23.8 Å². The number of aliphatic imine (C=N–C) groups is 1. The number of nitrogens with zero attached hydrogens (tertiary/aromatic N) is 4. The Bertz CT molecular complexity index is 1270. The number of carbonyl (C=O) groups excluding carboxylic acids is 1. The highest BCUT2D eigenvalue weighted by molar-refractivity contribution is 6.09. The van der Waals surface area contributed by atoms with Gasteiger partial charge in [0.05, 0.1) is 23.4 Å². The van der Waals surface area contributed by atoms with E-state index in [2.05, 4.69) is 16.2 Å². The monoisotopic (exact) mass is 416 g/mol. The number of halogens is 1. The average molecular weight is 416 g/mol. The van der Waals surface area contributed by atoms with Gasteiger partial charge in [0.2, 0.25) is 0 Å². The first kappa shape index (κ1) is 20.5. The molecule has 31 heavy (non-hydrogen) atoms. The van der Waals surface area contributed by atoms with E-state index >= 15 is 0 Å². The zero-order valence-electron chi connectivity index (χ0n) is 17.3. The third-order valence-electron chi connectivity index (χ3n) is 5.25. The van der Waals surface area contributed by atoms with Gasteiger partial charge in [-0.1, -0.05) is 12.1 Å². The second-order valence-corrected chi connectivity index (χ2v) is 7.42. The van der Waals surface area contributed by atoms with Crippen molar-refractivity contribution < 1.29 is 13.9 Å². The highest BCUT2D eigenvalue weighted by Crippen LogP contribution is 2.28. The van der Waals surface area contributed by atoms with Crippen LogP contribution in [0.1, 0.15) is 30.0 Å². The SMILES string of the molecule is CCOC(=O)C1=CC(CCc2ccc3nn(C)cc3c2)C(c2ccc(C#N)c(F)c2)=N1. The number of hydrogen-bond acceptors (Lipinski definition) is 5. The summed E-state index contributed by atoms with van der Waals surface area (Å²) in [4.78, 5) is 16.7. The van der Waals surface area contributed by atoms with Gasteiger partial charge < -0.3 is 4.74 Å². The molecule has 0 fully saturated rings. The Morgan fingerprint density at radius 1 is 1.29 bits per heavy atom. The summed E-state index contributed by atoms with van der Waals surface area (Å²) in [6.07, 6.45) is 5.20. The van der Waals surface area contributed by atoms with Gasteiger partial charge >= 0.3 is 5.97 Å². The minimum Gasteiger partial charge on any atom is -0.461 e. The number of fused-ring (bicyclic) bond motifs is 1. The number of aromatic nitrogens is 2. The summed E-state index contributed by atoms with van der Waals surface area (Å²) in [5, 5.41) is 14.4. The van der Waals surface area contributed by atoms with Crippen molar-refractivity contribution in [1.82, 2.24) is 9.78 Å². The molecule has 0 aliphatic carbocycles. The first-order chi connectivity index (χ1) is 15.0. The Morgan fingerprint density at radius 2 is 2.13 bits per heavy atom. The van der Waals surface area contributed by atoms with Gasteiger partial charge in [-0.25, -0.2) is 14.2 Å². The minimum atomic E-state index is -0.604. The van der Waals surface area contributed by atoms with Crippen molar-refractivity contribution in [3.05, 3.63) is 76.9 Å². The largest absolute Gasteiger partial charge is 0.461 e. The van der Waals surface area contributed by atoms with E-state index in [4.69, 9.17) is 10.00 Å². The quantitative estimate of drug-likeness (QED) is 0.567. The normalized spacial score (nSPS) is 15.5. The van der Waals surface area contributed by atoms with E-state index < -0.39 is 11.8 Å². The fourth-order valence-electron chi connectivity index (χ4n) is 3.78. The lowest BCUT2D eigenvalue weighted by atomic mass is 9.91. The number of ether oxygens (including phenoxy) is 1. The van der Waals surface area contributed by atoms with Crippen LogP contribution < -0.4 is 0 Å². The molecular formula is C24H21FN4O2. The third-order valence-corrected chi connectivity index (χ3v) is 5.25. The molecule has 0 spiro atoms. The number of hydrogen-bond donors (Lipinski definition) is 0. The predicted octanol–water partition coefficient (Wildman–Crippen LogP) is 4.08. The first-order valence-corrected chi connectivity index (χ1v) is 10.1. The standard InChI is InChI=1S/C24H21FN4O2/c1-3-31-24(30)22-12-17(23(27-22)16-7-8-18(13-26)20(25)11-16)6-4-15-5-9-21-19(10-15)14-29(2)28-21/h5,7-12,14,17H,3-4,6H2,1-2H3. The summed E-state index contributed by atoms with van der Waals surface area (Å²) in [6.45, 7) is 1.99. The molecule has 0 saturated heterocycles. The first-order valence-electron chi connectivity index (χ1n) is 10.1. The van der Waals surface area contributed by atoms with E-state index in [1.165, 1.54) is 12.1 Å². The molecule has 1 atom stereocenters. The van der Waals surface area contributed by atoms with Crippen molar-refractivity contribution in [3.8, 4) is 6.07 Å². The van der Waals surface area contributed by atoms with Crippen LogP contribution in [0.15, 0.2) is 59.4 Å². The van der Waals surface area contributed by atoms with Crippen LogP contribution in [0.25, 0.3) is 10.9 Å². The van der Waals surface area contributed by atoms with Gasteiger partial charge in [0.1, 0.15) is 17.6 Å². The maximum atomic E-state index is 14.2. The van der Waals surface area contributed by atoms with E-state index in [1.807, 2.05) is 31.4 Å². The summed E-state index contributed by atoms with van der Waals surface area (Å²) in [5.41, 5.74) is 3.45. The lowest BCUT2D eigenvalue weighted by Crippen LogP contribution is -2.12. The number of allylic oxidation sites excluding steroid dienone is 1. The lowest BCUT2D eigenvalue weighted by Gasteiger charge is -2.12. The van der Waals surface area contributed by atoms with Crippen LogP contribution in [0.5, 0.6) is 0 Å². The van der Waals surface area contributed by atoms with Gasteiger partial charge in [-0.3, -0.25) is 4.68 Å². The molecule has 0 saturated carbocycles. The number of rotatable bonds is 6. The number of esters is 1. The topological polar surface area (TPSA) is 80.3 Å². The third kappa shape index (κ3) is 4.24. The summed E-state index contributed by atoms with van der Waals surface area (Å²) in [5.74, 6) is -1.27. The fraction of sp³-hybridized carbons (Fsp3) is 0.250. The molecule has 2 aromatic carbocycles. The molecule has 156 valence electrons. The highest BCUT2D eigenvalue weighted by atomic mass is 19.1. The van der Waals surface area contributed by atoms with Gasteiger partial charge in [0.15, 0.2) is 0 Å². The summed E-state index contributed by atoms with van der Waals surface area (Å²) >= 11 is 0. The molecule has 1 aliphatic rings. The summed E-state index contributed by atoms with van der Waals surface area (Å²) < 4.78 is 21.1. The predicted molar refractivity (Wildman–Crippen MR) is 115 cm³/mol. The highest BCUT2D eigenvalue weighted by Gasteiger charge is 2.27. The Hall–Kier alpha value is -3.79. The molecule has 0 N–H and O–H groups in total. The van der Waals surface area contributed by atoms with Gasteiger partial charge in [-0.15, -0.1) is 0 Å². The molecule has 6 nitrogen and oxygen atoms in total. The molecule has 4 rings (SSSR count). The van der Waals surface area contributed by atoms with Gasteiger partial charge in [-0.2, -0.15) is 10.4 Å². The van der Waals surface area contributed by atoms with E-state index in [1.54, 1.807) is 23.7 Å². The van der Waals surface area contributed by atoms with Crippen LogP contribution >= 0.6 is 0 Å². The molecule has 1 aromatic heterocycles. The van der Waals surface area contributed by atoms with Crippen molar-refractivity contribution >= 4 is 22.6 Å². The zero-order chi connectivity index (χ0) is 22.0. The molecule has 3 aromatic rings. The van der Waals surface area contributed by atoms with Crippen LogP contribution in [0.2, 0.25) is 0 Å². The second-order valence-electron chi connectivity index (χ2n) is 7.42. The van der Waals surface area contributed by atoms with E-state index in [9.17, 15) is 9.18 Å². The maximum absolute atomic E-state index is 14.2. The van der Waals surface area contributed by atoms with Crippen molar-refractivity contribution in [1.29, 1.82) is 5.26 Å². The van der Waals surface area contributed by atoms with E-state index in [0.717, 1.165) is 22.9 Å². The Morgan fingerprint density at radius 3 is 2.87 bits per heavy atom. The molecular weight excluding hydrogens is 395 g/mol. The van der Waals surface area contributed by atoms with Gasteiger partial charge in [-0.05, 0) is 61.2 Å². The molecule has 7 heteroatoms. The molecule has 0 radical (unpaired) electrons. The second kappa shape index (κ2) is 8.52. The number of nitriles is 1. The average Bonchev–Trinajstić information content (AvgIpc) is 3.34. The van der Waals surface area contributed by atoms with Crippen LogP contribution in [0, 0.1) is 23.1 Å². The van der Waals surface area contributed by atoms with Crippen molar-refractivity contribution in [2.45, 2.75) is 19.8 Å². The molecule has 0 amide bonds. The summed E-state index contributed by atoms with van der Waals surface area (Å²) in [6, 6.07) is 12.4. The zero-order valence-corrected chi connectivity index (χ0v) is 17.3. The van der Waals surface area contributed by atoms with E-state index in [0.29, 0.717) is 17.7 Å². The van der Waals surface area contributed by atoms with Gasteiger partial charge in [0, 0.05) is 24.5 Å². The minimum absolute atomic E-state index is 0.0257. The maximum Gasteiger partial charge on any atom is 0.356 e. The van der Waals surface area contributed by atoms with Crippen LogP contribution in [0.4, 0.5) is 4.39 Å². The summed E-state index contributed by atoms with van der Waals surface area (Å²) in [7, 11) is 1.89. The van der Waals surface area contributed by atoms with Crippen LogP contribution in [0.3, 0.4) is 0 Å². The number of benzene rings is 2. The van der Waals surface area contributed by atoms with Crippen molar-refractivity contribution in [2.24, 2.45) is 18.0 Å². The van der Waals surface area contributed by atoms with Crippen LogP contribution in [-0.2, 0) is 23.0 Å². The fourth-order valence-corrected chi connectivity index (χ4v) is 3.78. The molecule has 1 unspecified atom stereocenters. The molecule has 0 bridgehead atoms. The Kier molecular flexibility index (Phi) is 5.63. The van der Waals surface area contributed by atoms with Crippen molar-refractivity contribution in [3.63, 3.8) is 0 Å². The number of carbonyl (C=O) groups is 1. The van der Waals surface area contributed by atoms with Gasteiger partial charge in [0.25, 0.3) is 0 Å². The van der Waals surface area contributed by atoms with Crippen molar-refractivity contribution in [2.75, 3.05) is 6.61 Å². The Balaban J connectivity index is 1.60. The van der Waals surface area contributed by atoms with Crippen LogP contribution in [-0.4, -0.2) is 28.1 Å². The smallest absolute Gasteiger partial charge is 0.356 e. The number of aryl methyl sites for hydroxylation is 2. The molecule has 2 heterocycles. The molecule has 1 aliphatic heterocycles.